The van der Waals surface area contributed by atoms with Crippen LogP contribution < -0.4 is 30.5 Å². The van der Waals surface area contributed by atoms with Crippen LogP contribution in [0.25, 0.3) is 55.3 Å². The maximum absolute atomic E-state index is 2.57. The summed E-state index contributed by atoms with van der Waals surface area (Å²) in [5, 5.41) is 9.04. The van der Waals surface area contributed by atoms with Crippen LogP contribution in [0.3, 0.4) is 0 Å². The molecule has 4 heteroatoms. The molecule has 0 N–H and O–H groups in total. The molecule has 10 aromatic carbocycles. The van der Waals surface area contributed by atoms with E-state index in [1.165, 1.54) is 77.0 Å². The molecule has 0 aliphatic carbocycles. The van der Waals surface area contributed by atoms with Gasteiger partial charge in [0, 0.05) is 34.1 Å². The summed E-state index contributed by atoms with van der Waals surface area (Å²) in [6, 6.07) is 85.6. The van der Waals surface area contributed by atoms with E-state index in [1.807, 2.05) is 0 Å². The lowest BCUT2D eigenvalue weighted by molar-refractivity contribution is 1.28. The van der Waals surface area contributed by atoms with E-state index in [2.05, 4.69) is 267 Å². The Hall–Kier alpha value is -7.51. The minimum Gasteiger partial charge on any atom is -0.311 e. The van der Waals surface area contributed by atoms with Crippen molar-refractivity contribution in [2.24, 2.45) is 0 Å². The van der Waals surface area contributed by atoms with Crippen LogP contribution in [0.1, 0.15) is 0 Å². The zero-order valence-electron chi connectivity index (χ0n) is 37.8. The number of nitrogens with zero attached hydrogens (tertiary/aromatic N) is 2. The van der Waals surface area contributed by atoms with Gasteiger partial charge in [0.15, 0.2) is 0 Å². The summed E-state index contributed by atoms with van der Waals surface area (Å²) < 4.78 is 0. The van der Waals surface area contributed by atoms with E-state index >= 15 is 0 Å². The lowest BCUT2D eigenvalue weighted by Gasteiger charge is -2.40. The first-order valence-corrected chi connectivity index (χ1v) is 29.2. The Labute approximate surface area is 390 Å². The molecule has 0 saturated heterocycles. The summed E-state index contributed by atoms with van der Waals surface area (Å²) in [7, 11) is -4.42. The predicted molar refractivity (Wildman–Crippen MR) is 289 cm³/mol. The van der Waals surface area contributed by atoms with Crippen molar-refractivity contribution in [1.82, 2.24) is 0 Å². The third kappa shape index (κ3) is 6.43. The second-order valence-electron chi connectivity index (χ2n) is 18.9. The Morgan fingerprint density at radius 1 is 0.242 bits per heavy atom. The summed E-state index contributed by atoms with van der Waals surface area (Å²) in [5.74, 6) is 0. The first kappa shape index (κ1) is 40.0. The van der Waals surface area contributed by atoms with Gasteiger partial charge in [-0.05, 0) is 149 Å². The van der Waals surface area contributed by atoms with Crippen molar-refractivity contribution in [1.29, 1.82) is 0 Å². The summed E-state index contributed by atoms with van der Waals surface area (Å²) in [5.41, 5.74) is 17.4. The molecule has 0 radical (unpaired) electrons. The van der Waals surface area contributed by atoms with Crippen molar-refractivity contribution in [2.45, 2.75) is 26.2 Å². The summed E-state index contributed by atoms with van der Waals surface area (Å²) in [6.45, 7) is 10.3. The molecule has 2 aliphatic heterocycles. The van der Waals surface area contributed by atoms with Crippen molar-refractivity contribution in [3.05, 3.63) is 231 Å². The molecule has 2 aliphatic rings. The standard InChI is InChI=1S/C62H50N2Si2/c1-65(2)57-39-40-58-62-56(54-36-34-52(42-60(54)66(58,3)4)64(48-23-15-8-16-24-48)50-31-27-46(28-32-50)44-19-11-6-12-20-44)38-37-55(61(57)62)53-35-33-51(41-59(53)65)63(47-21-13-7-14-22-47)49-29-25-45(26-30-49)43-17-9-5-10-18-43/h5-42H,1-4H3. The number of fused-ring (bicyclic) bond motifs is 4. The summed E-state index contributed by atoms with van der Waals surface area (Å²) in [4.78, 5) is 4.85. The SMILES string of the molecule is C[Si]1(C)c2cc(N(c3ccccc3)c3ccc(-c4ccccc4)cc3)ccc2-c2ccc3c4c(ccc1c24)[Si](C)(C)c1cc(N(c2ccccc2)c2ccc(-c4ccccc4)cc2)ccc1-3. The van der Waals surface area contributed by atoms with Crippen molar-refractivity contribution < 1.29 is 0 Å². The molecule has 2 nitrogen and oxygen atoms in total. The minimum atomic E-state index is -2.21. The smallest absolute Gasteiger partial charge is 0.113 e. The van der Waals surface area contributed by atoms with Crippen LogP contribution in [-0.4, -0.2) is 16.1 Å². The van der Waals surface area contributed by atoms with E-state index in [-0.39, 0.29) is 0 Å². The molecule has 66 heavy (non-hydrogen) atoms. The molecule has 0 aromatic heterocycles. The zero-order valence-corrected chi connectivity index (χ0v) is 39.8. The van der Waals surface area contributed by atoms with E-state index in [1.54, 1.807) is 10.4 Å². The first-order valence-electron chi connectivity index (χ1n) is 23.2. The van der Waals surface area contributed by atoms with Gasteiger partial charge < -0.3 is 9.80 Å². The molecular formula is C62H50N2Si2. The average molecular weight is 879 g/mol. The largest absolute Gasteiger partial charge is 0.311 e. The highest BCUT2D eigenvalue weighted by atomic mass is 28.3. The third-order valence-corrected chi connectivity index (χ3v) is 21.5. The molecule has 12 rings (SSSR count). The minimum absolute atomic E-state index is 1.15. The fraction of sp³-hybridized carbons (Fsp3) is 0.0645. The van der Waals surface area contributed by atoms with Gasteiger partial charge in [0.1, 0.15) is 16.1 Å². The molecule has 0 atom stereocenters. The van der Waals surface area contributed by atoms with Crippen LogP contribution in [0.2, 0.25) is 26.2 Å². The maximum Gasteiger partial charge on any atom is 0.113 e. The second-order valence-corrected chi connectivity index (χ2v) is 27.6. The summed E-state index contributed by atoms with van der Waals surface area (Å²) in [6.07, 6.45) is 0. The number of rotatable bonds is 8. The van der Waals surface area contributed by atoms with E-state index in [0.717, 1.165) is 22.7 Å². The van der Waals surface area contributed by atoms with Gasteiger partial charge in [-0.2, -0.15) is 0 Å². The first-order chi connectivity index (χ1) is 32.3. The van der Waals surface area contributed by atoms with Crippen LogP contribution in [0.4, 0.5) is 34.1 Å². The topological polar surface area (TPSA) is 6.48 Å². The molecular weight excluding hydrogens is 829 g/mol. The van der Waals surface area contributed by atoms with E-state index < -0.39 is 16.1 Å². The monoisotopic (exact) mass is 878 g/mol. The Kier molecular flexibility index (Phi) is 9.46. The number of hydrogen-bond acceptors (Lipinski definition) is 2. The van der Waals surface area contributed by atoms with E-state index in [9.17, 15) is 0 Å². The third-order valence-electron chi connectivity index (χ3n) is 14.5. The quantitative estimate of drug-likeness (QED) is 0.140. The predicted octanol–water partition coefficient (Wildman–Crippen LogP) is 14.7. The van der Waals surface area contributed by atoms with E-state index in [0.29, 0.717) is 0 Å². The maximum atomic E-state index is 2.57. The lowest BCUT2D eigenvalue weighted by atomic mass is 9.90. The van der Waals surface area contributed by atoms with Crippen molar-refractivity contribution in [3.8, 4) is 44.5 Å². The second kappa shape index (κ2) is 15.6. The van der Waals surface area contributed by atoms with Gasteiger partial charge in [-0.3, -0.25) is 0 Å². The van der Waals surface area contributed by atoms with Crippen LogP contribution in [0.5, 0.6) is 0 Å². The highest BCUT2D eigenvalue weighted by Gasteiger charge is 2.42. The number of para-hydroxylation sites is 2. The number of anilines is 6. The van der Waals surface area contributed by atoms with Gasteiger partial charge in [-0.15, -0.1) is 0 Å². The highest BCUT2D eigenvalue weighted by molar-refractivity contribution is 7.05. The molecule has 0 amide bonds. The molecule has 10 aromatic rings. The molecule has 0 unspecified atom stereocenters. The van der Waals surface area contributed by atoms with Crippen molar-refractivity contribution in [3.63, 3.8) is 0 Å². The number of hydrogen-bond donors (Lipinski definition) is 0. The van der Waals surface area contributed by atoms with Crippen molar-refractivity contribution >= 4 is 81.8 Å². The van der Waals surface area contributed by atoms with Crippen LogP contribution in [-0.2, 0) is 0 Å². The van der Waals surface area contributed by atoms with Gasteiger partial charge in [-0.1, -0.05) is 184 Å². The van der Waals surface area contributed by atoms with Crippen LogP contribution >= 0.6 is 0 Å². The Bertz CT molecular complexity index is 3210. The van der Waals surface area contributed by atoms with Gasteiger partial charge in [0.05, 0.1) is 0 Å². The fourth-order valence-electron chi connectivity index (χ4n) is 11.0. The average Bonchev–Trinajstić information content (AvgIpc) is 3.37. The van der Waals surface area contributed by atoms with Gasteiger partial charge >= 0.3 is 0 Å². The summed E-state index contributed by atoms with van der Waals surface area (Å²) >= 11 is 0. The van der Waals surface area contributed by atoms with Crippen LogP contribution in [0, 0.1) is 0 Å². The zero-order chi connectivity index (χ0) is 44.6. The normalized spacial score (nSPS) is 13.7. The van der Waals surface area contributed by atoms with E-state index in [4.69, 9.17) is 0 Å². The van der Waals surface area contributed by atoms with Gasteiger partial charge in [0.25, 0.3) is 0 Å². The lowest BCUT2D eigenvalue weighted by Crippen LogP contribution is -2.59. The molecule has 0 bridgehead atoms. The Balaban J connectivity index is 0.966. The van der Waals surface area contributed by atoms with Crippen LogP contribution in [0.15, 0.2) is 231 Å². The molecule has 316 valence electrons. The molecule has 0 spiro atoms. The molecule has 2 heterocycles. The Morgan fingerprint density at radius 2 is 0.530 bits per heavy atom. The molecule has 0 fully saturated rings. The number of benzene rings is 10. The van der Waals surface area contributed by atoms with Crippen molar-refractivity contribution in [2.75, 3.05) is 9.80 Å². The fourth-order valence-corrected chi connectivity index (χ4v) is 17.2. The van der Waals surface area contributed by atoms with Gasteiger partial charge in [-0.25, -0.2) is 0 Å². The highest BCUT2D eigenvalue weighted by Crippen LogP contribution is 2.44. The van der Waals surface area contributed by atoms with Gasteiger partial charge in [0.2, 0.25) is 0 Å². The Morgan fingerprint density at radius 3 is 0.894 bits per heavy atom. The molecule has 0 saturated carbocycles.